The number of ether oxygens (including phenoxy) is 1. The summed E-state index contributed by atoms with van der Waals surface area (Å²) in [6.07, 6.45) is -5.65. The molecule has 24 heavy (non-hydrogen) atoms. The lowest BCUT2D eigenvalue weighted by atomic mass is 9.90. The van der Waals surface area contributed by atoms with Gasteiger partial charge in [0.1, 0.15) is 6.04 Å². The van der Waals surface area contributed by atoms with E-state index in [4.69, 9.17) is 0 Å². The van der Waals surface area contributed by atoms with Gasteiger partial charge >= 0.3 is 12.3 Å². The molecule has 0 aromatic carbocycles. The quantitative estimate of drug-likeness (QED) is 0.669. The third-order valence-electron chi connectivity index (χ3n) is 3.62. The second-order valence-corrected chi connectivity index (χ2v) is 6.33. The number of carbonyl (C=O) groups is 3. The van der Waals surface area contributed by atoms with E-state index in [1.165, 1.54) is 13.8 Å². The molecule has 1 amide bonds. The molecule has 0 rings (SSSR count). The molecule has 0 radical (unpaired) electrons. The van der Waals surface area contributed by atoms with Gasteiger partial charge in [-0.2, -0.15) is 13.2 Å². The smallest absolute Gasteiger partial charge is 0.452 e. The SMILES string of the molecule is CCCC(=O)[C@H](C(C)C)N(C(=O)OC)[C@H](C(=O)C(F)(F)F)C(C)C. The van der Waals surface area contributed by atoms with Crippen LogP contribution >= 0.6 is 0 Å². The number of ketones is 2. The Morgan fingerprint density at radius 2 is 1.46 bits per heavy atom. The summed E-state index contributed by atoms with van der Waals surface area (Å²) in [5, 5.41) is 0. The van der Waals surface area contributed by atoms with Crippen molar-refractivity contribution >= 4 is 17.7 Å². The minimum Gasteiger partial charge on any atom is -0.453 e. The number of halogens is 3. The number of Topliss-reactive ketones (excluding diaryl/α,β-unsaturated/α-hetero) is 2. The molecule has 0 heterocycles. The summed E-state index contributed by atoms with van der Waals surface area (Å²) in [6, 6.07) is -2.97. The molecule has 0 unspecified atom stereocenters. The third kappa shape index (κ3) is 5.49. The fourth-order valence-electron chi connectivity index (χ4n) is 2.67. The van der Waals surface area contributed by atoms with E-state index < -0.39 is 47.8 Å². The van der Waals surface area contributed by atoms with Crippen molar-refractivity contribution < 1.29 is 32.3 Å². The molecule has 0 N–H and O–H groups in total. The zero-order chi connectivity index (χ0) is 19.2. The number of carbonyl (C=O) groups excluding carboxylic acids is 3. The first-order chi connectivity index (χ1) is 10.9. The van der Waals surface area contributed by atoms with Gasteiger partial charge in [-0.05, 0) is 18.3 Å². The Bertz CT molecular complexity index is 461. The van der Waals surface area contributed by atoms with Crippen LogP contribution in [0.25, 0.3) is 0 Å². The highest BCUT2D eigenvalue weighted by Crippen LogP contribution is 2.29. The first-order valence-electron chi connectivity index (χ1n) is 7.90. The Kier molecular flexibility index (Phi) is 8.43. The number of hydrogen-bond acceptors (Lipinski definition) is 4. The summed E-state index contributed by atoms with van der Waals surface area (Å²) in [6.45, 7) is 7.77. The Labute approximate surface area is 140 Å². The number of alkyl halides is 3. The molecule has 2 atom stereocenters. The molecule has 0 bridgehead atoms. The molecule has 0 aliphatic carbocycles. The van der Waals surface area contributed by atoms with Gasteiger partial charge in [0.15, 0.2) is 5.78 Å². The van der Waals surface area contributed by atoms with E-state index in [0.717, 1.165) is 7.11 Å². The Hall–Kier alpha value is -1.60. The van der Waals surface area contributed by atoms with Crippen LogP contribution in [0.4, 0.5) is 18.0 Å². The lowest BCUT2D eigenvalue weighted by Crippen LogP contribution is -2.59. The van der Waals surface area contributed by atoms with Crippen LogP contribution in [0.2, 0.25) is 0 Å². The van der Waals surface area contributed by atoms with Gasteiger partial charge in [0, 0.05) is 6.42 Å². The zero-order valence-corrected chi connectivity index (χ0v) is 14.9. The first-order valence-corrected chi connectivity index (χ1v) is 7.90. The van der Waals surface area contributed by atoms with Gasteiger partial charge in [0.2, 0.25) is 0 Å². The summed E-state index contributed by atoms with van der Waals surface area (Å²) in [5.41, 5.74) is 0. The van der Waals surface area contributed by atoms with Crippen molar-refractivity contribution in [1.29, 1.82) is 0 Å². The van der Waals surface area contributed by atoms with E-state index in [9.17, 15) is 27.6 Å². The average Bonchev–Trinajstić information content (AvgIpc) is 2.43. The van der Waals surface area contributed by atoms with Crippen LogP contribution in [-0.2, 0) is 14.3 Å². The number of amides is 1. The summed E-state index contributed by atoms with van der Waals surface area (Å²) in [5.74, 6) is -3.75. The van der Waals surface area contributed by atoms with Gasteiger partial charge in [-0.15, -0.1) is 0 Å². The van der Waals surface area contributed by atoms with Crippen LogP contribution < -0.4 is 0 Å². The molecule has 0 saturated carbocycles. The monoisotopic (exact) mass is 353 g/mol. The number of nitrogens with zero attached hydrogens (tertiary/aromatic N) is 1. The van der Waals surface area contributed by atoms with Gasteiger partial charge < -0.3 is 4.74 Å². The van der Waals surface area contributed by atoms with Gasteiger partial charge in [-0.25, -0.2) is 4.79 Å². The molecule has 5 nitrogen and oxygen atoms in total. The van der Waals surface area contributed by atoms with Crippen LogP contribution in [0.5, 0.6) is 0 Å². The predicted octanol–water partition coefficient (Wildman–Crippen LogP) is 3.60. The predicted molar refractivity (Wildman–Crippen MR) is 82.5 cm³/mol. The maximum absolute atomic E-state index is 13.0. The second-order valence-electron chi connectivity index (χ2n) is 6.33. The molecule has 8 heteroatoms. The van der Waals surface area contributed by atoms with Crippen LogP contribution in [0.15, 0.2) is 0 Å². The van der Waals surface area contributed by atoms with Crippen molar-refractivity contribution in [3.8, 4) is 0 Å². The summed E-state index contributed by atoms with van der Waals surface area (Å²) in [7, 11) is 1.01. The number of methoxy groups -OCH3 is 1. The van der Waals surface area contributed by atoms with E-state index in [0.29, 0.717) is 11.3 Å². The first kappa shape index (κ1) is 22.4. The van der Waals surface area contributed by atoms with Crippen molar-refractivity contribution in [3.63, 3.8) is 0 Å². The lowest BCUT2D eigenvalue weighted by molar-refractivity contribution is -0.179. The largest absolute Gasteiger partial charge is 0.453 e. The maximum Gasteiger partial charge on any atom is 0.452 e. The minimum atomic E-state index is -5.11. The van der Waals surface area contributed by atoms with E-state index >= 15 is 0 Å². The Balaban J connectivity index is 6.14. The second kappa shape index (κ2) is 9.03. The topological polar surface area (TPSA) is 63.7 Å². The molecular formula is C16H26F3NO4. The molecular weight excluding hydrogens is 327 g/mol. The minimum absolute atomic E-state index is 0.0986. The molecule has 0 aromatic heterocycles. The fraction of sp³-hybridized carbons (Fsp3) is 0.812. The van der Waals surface area contributed by atoms with Crippen molar-refractivity contribution in [1.82, 2.24) is 4.90 Å². The zero-order valence-electron chi connectivity index (χ0n) is 14.9. The van der Waals surface area contributed by atoms with Gasteiger partial charge in [-0.1, -0.05) is 34.6 Å². The number of rotatable bonds is 8. The van der Waals surface area contributed by atoms with Crippen molar-refractivity contribution in [3.05, 3.63) is 0 Å². The number of hydrogen-bond donors (Lipinski definition) is 0. The van der Waals surface area contributed by atoms with Gasteiger partial charge in [0.05, 0.1) is 13.2 Å². The Morgan fingerprint density at radius 1 is 1.00 bits per heavy atom. The summed E-state index contributed by atoms with van der Waals surface area (Å²) in [4.78, 5) is 37.1. The van der Waals surface area contributed by atoms with Crippen molar-refractivity contribution in [2.75, 3.05) is 7.11 Å². The third-order valence-corrected chi connectivity index (χ3v) is 3.62. The molecule has 0 aliphatic heterocycles. The van der Waals surface area contributed by atoms with E-state index in [1.54, 1.807) is 20.8 Å². The fourth-order valence-corrected chi connectivity index (χ4v) is 2.67. The summed E-state index contributed by atoms with van der Waals surface area (Å²) >= 11 is 0. The highest BCUT2D eigenvalue weighted by Gasteiger charge is 2.51. The van der Waals surface area contributed by atoms with Gasteiger partial charge in [0.25, 0.3) is 5.78 Å². The normalized spacial score (nSPS) is 14.5. The van der Waals surface area contributed by atoms with Crippen LogP contribution in [0, 0.1) is 11.8 Å². The maximum atomic E-state index is 13.0. The van der Waals surface area contributed by atoms with Crippen LogP contribution in [0.3, 0.4) is 0 Å². The highest BCUT2D eigenvalue weighted by atomic mass is 19.4. The van der Waals surface area contributed by atoms with Crippen LogP contribution in [0.1, 0.15) is 47.5 Å². The standard InChI is InChI=1S/C16H26F3NO4/c1-7-8-11(21)12(9(2)3)20(15(23)24-6)13(10(4)5)14(22)16(17,18)19/h9-10,12-13H,7-8H2,1-6H3/t12-,13-/m0/s1. The molecule has 0 aromatic rings. The molecule has 0 fully saturated rings. The van der Waals surface area contributed by atoms with Crippen molar-refractivity contribution in [2.24, 2.45) is 11.8 Å². The van der Waals surface area contributed by atoms with E-state index in [-0.39, 0.29) is 6.42 Å². The molecule has 0 spiro atoms. The van der Waals surface area contributed by atoms with Crippen molar-refractivity contribution in [2.45, 2.75) is 65.7 Å². The highest BCUT2D eigenvalue weighted by molar-refractivity contribution is 5.95. The van der Waals surface area contributed by atoms with Crippen LogP contribution in [-0.4, -0.2) is 47.9 Å². The average molecular weight is 353 g/mol. The summed E-state index contributed by atoms with van der Waals surface area (Å²) < 4.78 is 43.5. The van der Waals surface area contributed by atoms with Gasteiger partial charge in [-0.3, -0.25) is 14.5 Å². The Morgan fingerprint density at radius 3 is 1.75 bits per heavy atom. The van der Waals surface area contributed by atoms with E-state index in [1.807, 2.05) is 0 Å². The molecule has 140 valence electrons. The molecule has 0 saturated heterocycles. The lowest BCUT2D eigenvalue weighted by Gasteiger charge is -2.39. The molecule has 0 aliphatic rings. The van der Waals surface area contributed by atoms with E-state index in [2.05, 4.69) is 4.74 Å².